The Kier molecular flexibility index (Phi) is 5.09. The molecule has 0 saturated heterocycles. The van der Waals surface area contributed by atoms with E-state index in [9.17, 15) is 9.59 Å². The van der Waals surface area contributed by atoms with Crippen LogP contribution in [0, 0.1) is 5.92 Å². The summed E-state index contributed by atoms with van der Waals surface area (Å²) in [6.45, 7) is 3.95. The number of hydrogen-bond donors (Lipinski definition) is 2. The van der Waals surface area contributed by atoms with Gasteiger partial charge in [-0.25, -0.2) is 5.43 Å². The van der Waals surface area contributed by atoms with Crippen LogP contribution in [0.3, 0.4) is 0 Å². The molecule has 1 aliphatic carbocycles. The van der Waals surface area contributed by atoms with Gasteiger partial charge in [-0.2, -0.15) is 5.10 Å². The molecule has 0 bridgehead atoms. The third kappa shape index (κ3) is 4.70. The highest BCUT2D eigenvalue weighted by atomic mass is 16.2. The zero-order chi connectivity index (χ0) is 15.2. The van der Waals surface area contributed by atoms with Crippen molar-refractivity contribution in [2.24, 2.45) is 11.0 Å². The first-order valence-corrected chi connectivity index (χ1v) is 7.34. The van der Waals surface area contributed by atoms with Crippen molar-refractivity contribution in [1.82, 2.24) is 5.43 Å². The third-order valence-electron chi connectivity index (χ3n) is 3.32. The van der Waals surface area contributed by atoms with Gasteiger partial charge < -0.3 is 5.32 Å². The van der Waals surface area contributed by atoms with Crippen LogP contribution in [0.5, 0.6) is 0 Å². The standard InChI is InChI=1S/C16H21N3O2/c1-3-4-11(2)18-19-16(21)13-7-9-14(10-8-13)17-15(20)12-5-6-12/h7-10,12H,3-6H2,1-2H3,(H,17,20)(H,19,21)/b18-11+. The molecule has 112 valence electrons. The van der Waals surface area contributed by atoms with E-state index in [-0.39, 0.29) is 17.7 Å². The Labute approximate surface area is 124 Å². The molecule has 1 aromatic carbocycles. The molecule has 1 aromatic rings. The van der Waals surface area contributed by atoms with Gasteiger partial charge >= 0.3 is 0 Å². The second-order valence-corrected chi connectivity index (χ2v) is 5.38. The Balaban J connectivity index is 1.90. The van der Waals surface area contributed by atoms with Crippen molar-refractivity contribution < 1.29 is 9.59 Å². The van der Waals surface area contributed by atoms with Crippen molar-refractivity contribution in [2.75, 3.05) is 5.32 Å². The zero-order valence-electron chi connectivity index (χ0n) is 12.5. The predicted octanol–water partition coefficient (Wildman–Crippen LogP) is 2.94. The third-order valence-corrected chi connectivity index (χ3v) is 3.32. The monoisotopic (exact) mass is 287 g/mol. The van der Waals surface area contributed by atoms with Gasteiger partial charge in [-0.05, 0) is 50.5 Å². The van der Waals surface area contributed by atoms with Crippen LogP contribution in [0.4, 0.5) is 5.69 Å². The Morgan fingerprint density at radius 2 is 1.90 bits per heavy atom. The first-order valence-electron chi connectivity index (χ1n) is 7.34. The van der Waals surface area contributed by atoms with Gasteiger partial charge in [-0.15, -0.1) is 0 Å². The molecule has 5 heteroatoms. The molecular formula is C16H21N3O2. The zero-order valence-corrected chi connectivity index (χ0v) is 12.5. The van der Waals surface area contributed by atoms with Gasteiger partial charge in [-0.3, -0.25) is 9.59 Å². The lowest BCUT2D eigenvalue weighted by Gasteiger charge is -2.05. The van der Waals surface area contributed by atoms with Crippen LogP contribution in [0.1, 0.15) is 49.9 Å². The molecular weight excluding hydrogens is 266 g/mol. The molecule has 0 heterocycles. The Morgan fingerprint density at radius 3 is 2.48 bits per heavy atom. The van der Waals surface area contributed by atoms with Crippen LogP contribution in [-0.2, 0) is 4.79 Å². The second-order valence-electron chi connectivity index (χ2n) is 5.38. The molecule has 0 spiro atoms. The van der Waals surface area contributed by atoms with E-state index in [2.05, 4.69) is 22.8 Å². The summed E-state index contributed by atoms with van der Waals surface area (Å²) < 4.78 is 0. The van der Waals surface area contributed by atoms with E-state index < -0.39 is 0 Å². The number of hydrazone groups is 1. The minimum absolute atomic E-state index is 0.0620. The fourth-order valence-corrected chi connectivity index (χ4v) is 1.92. The van der Waals surface area contributed by atoms with Crippen LogP contribution in [0.2, 0.25) is 0 Å². The van der Waals surface area contributed by atoms with E-state index in [0.717, 1.165) is 31.4 Å². The normalized spacial score (nSPS) is 14.7. The van der Waals surface area contributed by atoms with Crippen molar-refractivity contribution in [1.29, 1.82) is 0 Å². The second kappa shape index (κ2) is 7.02. The lowest BCUT2D eigenvalue weighted by molar-refractivity contribution is -0.117. The molecule has 1 aliphatic rings. The molecule has 0 aromatic heterocycles. The highest BCUT2D eigenvalue weighted by Gasteiger charge is 2.29. The summed E-state index contributed by atoms with van der Waals surface area (Å²) >= 11 is 0. The number of benzene rings is 1. The number of amides is 2. The summed E-state index contributed by atoms with van der Waals surface area (Å²) in [5.41, 5.74) is 4.67. The summed E-state index contributed by atoms with van der Waals surface area (Å²) in [5, 5.41) is 6.88. The van der Waals surface area contributed by atoms with E-state index >= 15 is 0 Å². The highest BCUT2D eigenvalue weighted by molar-refractivity contribution is 5.97. The molecule has 5 nitrogen and oxygen atoms in total. The predicted molar refractivity (Wildman–Crippen MR) is 83.3 cm³/mol. The average Bonchev–Trinajstić information content (AvgIpc) is 3.30. The summed E-state index contributed by atoms with van der Waals surface area (Å²) in [7, 11) is 0. The summed E-state index contributed by atoms with van der Waals surface area (Å²) in [4.78, 5) is 23.5. The topological polar surface area (TPSA) is 70.6 Å². The maximum Gasteiger partial charge on any atom is 0.271 e. The van der Waals surface area contributed by atoms with Crippen molar-refractivity contribution in [3.63, 3.8) is 0 Å². The van der Waals surface area contributed by atoms with Crippen molar-refractivity contribution in [2.45, 2.75) is 39.5 Å². The fourth-order valence-electron chi connectivity index (χ4n) is 1.92. The van der Waals surface area contributed by atoms with E-state index in [1.165, 1.54) is 0 Å². The maximum absolute atomic E-state index is 11.9. The molecule has 1 saturated carbocycles. The Hall–Kier alpha value is -2.17. The van der Waals surface area contributed by atoms with E-state index in [1.54, 1.807) is 24.3 Å². The Morgan fingerprint density at radius 1 is 1.24 bits per heavy atom. The number of nitrogens with zero attached hydrogens (tertiary/aromatic N) is 1. The quantitative estimate of drug-likeness (QED) is 0.624. The first kappa shape index (κ1) is 15.2. The number of rotatable bonds is 6. The average molecular weight is 287 g/mol. The van der Waals surface area contributed by atoms with Crippen LogP contribution in [0.25, 0.3) is 0 Å². The minimum atomic E-state index is -0.245. The number of nitrogens with one attached hydrogen (secondary N) is 2. The molecule has 0 radical (unpaired) electrons. The maximum atomic E-state index is 11.9. The molecule has 1 fully saturated rings. The number of hydrogen-bond acceptors (Lipinski definition) is 3. The number of carbonyl (C=O) groups is 2. The number of anilines is 1. The lowest BCUT2D eigenvalue weighted by Crippen LogP contribution is -2.19. The highest BCUT2D eigenvalue weighted by Crippen LogP contribution is 2.30. The molecule has 0 aliphatic heterocycles. The van der Waals surface area contributed by atoms with Gasteiger partial charge in [0.15, 0.2) is 0 Å². The van der Waals surface area contributed by atoms with Crippen LogP contribution >= 0.6 is 0 Å². The van der Waals surface area contributed by atoms with Gasteiger partial charge in [0.1, 0.15) is 0 Å². The van der Waals surface area contributed by atoms with Gasteiger partial charge in [0.25, 0.3) is 5.91 Å². The van der Waals surface area contributed by atoms with Crippen molar-refractivity contribution in [3.05, 3.63) is 29.8 Å². The molecule has 21 heavy (non-hydrogen) atoms. The fraction of sp³-hybridized carbons (Fsp3) is 0.438. The molecule has 2 N–H and O–H groups in total. The van der Waals surface area contributed by atoms with Gasteiger partial charge in [-0.1, -0.05) is 13.3 Å². The van der Waals surface area contributed by atoms with Gasteiger partial charge in [0.05, 0.1) is 0 Å². The van der Waals surface area contributed by atoms with Gasteiger partial charge in [0, 0.05) is 22.9 Å². The van der Waals surface area contributed by atoms with Gasteiger partial charge in [0.2, 0.25) is 5.91 Å². The summed E-state index contributed by atoms with van der Waals surface area (Å²) in [6.07, 6.45) is 3.82. The SMILES string of the molecule is CCC/C(C)=N/NC(=O)c1ccc(NC(=O)C2CC2)cc1. The minimum Gasteiger partial charge on any atom is -0.326 e. The summed E-state index contributed by atoms with van der Waals surface area (Å²) in [5.74, 6) is -0.0126. The van der Waals surface area contributed by atoms with E-state index in [0.29, 0.717) is 11.3 Å². The molecule has 0 unspecified atom stereocenters. The molecule has 2 amide bonds. The first-order chi connectivity index (χ1) is 10.1. The van der Waals surface area contributed by atoms with E-state index in [4.69, 9.17) is 0 Å². The Bertz CT molecular complexity index is 545. The molecule has 0 atom stereocenters. The van der Waals surface area contributed by atoms with Crippen molar-refractivity contribution in [3.8, 4) is 0 Å². The van der Waals surface area contributed by atoms with Crippen LogP contribution in [-0.4, -0.2) is 17.5 Å². The lowest BCUT2D eigenvalue weighted by atomic mass is 10.2. The number of carbonyl (C=O) groups excluding carboxylic acids is 2. The van der Waals surface area contributed by atoms with Crippen LogP contribution < -0.4 is 10.7 Å². The van der Waals surface area contributed by atoms with Crippen LogP contribution in [0.15, 0.2) is 29.4 Å². The summed E-state index contributed by atoms with van der Waals surface area (Å²) in [6, 6.07) is 6.83. The largest absolute Gasteiger partial charge is 0.326 e. The smallest absolute Gasteiger partial charge is 0.271 e. The van der Waals surface area contributed by atoms with Crippen molar-refractivity contribution >= 4 is 23.2 Å². The molecule has 2 rings (SSSR count). The van der Waals surface area contributed by atoms with E-state index in [1.807, 2.05) is 6.92 Å².